The molecule has 0 radical (unpaired) electrons. The number of aromatic nitrogens is 2. The summed E-state index contributed by atoms with van der Waals surface area (Å²) < 4.78 is 43.4. The van der Waals surface area contributed by atoms with Crippen LogP contribution >= 0.6 is 0 Å². The first-order chi connectivity index (χ1) is 13.9. The second kappa shape index (κ2) is 6.20. The second-order valence-corrected chi connectivity index (χ2v) is 6.79. The summed E-state index contributed by atoms with van der Waals surface area (Å²) in [4.78, 5) is 12.1. The highest BCUT2D eigenvalue weighted by Gasteiger charge is 2.43. The monoisotopic (exact) mass is 399 g/mol. The minimum atomic E-state index is -3.70. The Labute approximate surface area is 163 Å². The van der Waals surface area contributed by atoms with Gasteiger partial charge in [-0.1, -0.05) is 6.07 Å². The molecule has 2 aromatic carbocycles. The van der Waals surface area contributed by atoms with Gasteiger partial charge in [0, 0.05) is 30.9 Å². The zero-order valence-electron chi connectivity index (χ0n) is 15.2. The third-order valence-corrected chi connectivity index (χ3v) is 4.75. The molecule has 0 fully saturated rings. The number of fused-ring (bicyclic) bond motifs is 2. The molecule has 0 atom stereocenters. The molecule has 29 heavy (non-hydrogen) atoms. The molecule has 0 unspecified atom stereocenters. The molecule has 148 valence electrons. The maximum absolute atomic E-state index is 13.4. The lowest BCUT2D eigenvalue weighted by Gasteiger charge is -2.13. The van der Waals surface area contributed by atoms with E-state index in [-0.39, 0.29) is 24.0 Å². The van der Waals surface area contributed by atoms with E-state index in [0.717, 1.165) is 11.3 Å². The van der Waals surface area contributed by atoms with Crippen LogP contribution in [0.2, 0.25) is 0 Å². The standard InChI is InChI=1S/C20H15F2N3O4/c1-25-5-4-13(24-25)10-27-17-7-12-9-23-19(26)15(12)8-14(17)11-2-3-16-18(6-11)29-20(21,22)28-16/h2-8H,9-10H2,1H3,(H,23,26). The van der Waals surface area contributed by atoms with Gasteiger partial charge >= 0.3 is 6.29 Å². The smallest absolute Gasteiger partial charge is 0.487 e. The van der Waals surface area contributed by atoms with Crippen LogP contribution in [0, 0.1) is 0 Å². The van der Waals surface area contributed by atoms with E-state index in [2.05, 4.69) is 19.9 Å². The maximum Gasteiger partial charge on any atom is 0.586 e. The lowest BCUT2D eigenvalue weighted by atomic mass is 9.98. The third-order valence-electron chi connectivity index (χ3n) is 4.75. The molecular weight excluding hydrogens is 384 g/mol. The van der Waals surface area contributed by atoms with E-state index >= 15 is 0 Å². The van der Waals surface area contributed by atoms with Gasteiger partial charge in [-0.3, -0.25) is 9.48 Å². The minimum Gasteiger partial charge on any atom is -0.487 e. The number of ether oxygens (including phenoxy) is 3. The predicted octanol–water partition coefficient (Wildman–Crippen LogP) is 3.23. The van der Waals surface area contributed by atoms with Gasteiger partial charge in [0.1, 0.15) is 12.4 Å². The molecule has 2 aliphatic rings. The first kappa shape index (κ1) is 17.5. The lowest BCUT2D eigenvalue weighted by molar-refractivity contribution is -0.286. The fraction of sp³-hybridized carbons (Fsp3) is 0.200. The van der Waals surface area contributed by atoms with Crippen molar-refractivity contribution in [1.82, 2.24) is 15.1 Å². The Bertz CT molecular complexity index is 1140. The molecule has 1 aromatic heterocycles. The molecule has 0 bridgehead atoms. The van der Waals surface area contributed by atoms with Gasteiger partial charge in [-0.05, 0) is 41.5 Å². The van der Waals surface area contributed by atoms with Crippen molar-refractivity contribution in [2.24, 2.45) is 7.05 Å². The highest BCUT2D eigenvalue weighted by molar-refractivity contribution is 6.00. The number of carbonyl (C=O) groups excluding carboxylic acids is 1. The molecule has 0 saturated carbocycles. The topological polar surface area (TPSA) is 74.6 Å². The molecular formula is C20H15F2N3O4. The van der Waals surface area contributed by atoms with Gasteiger partial charge in [-0.15, -0.1) is 8.78 Å². The van der Waals surface area contributed by atoms with Crippen LogP contribution in [0.1, 0.15) is 21.6 Å². The Hall–Kier alpha value is -3.62. The van der Waals surface area contributed by atoms with E-state index in [1.54, 1.807) is 22.9 Å². The lowest BCUT2D eigenvalue weighted by Crippen LogP contribution is -2.25. The molecule has 1 N–H and O–H groups in total. The number of amides is 1. The van der Waals surface area contributed by atoms with E-state index in [9.17, 15) is 13.6 Å². The summed E-state index contributed by atoms with van der Waals surface area (Å²) >= 11 is 0. The fourth-order valence-corrected chi connectivity index (χ4v) is 3.40. The molecule has 2 aliphatic heterocycles. The summed E-state index contributed by atoms with van der Waals surface area (Å²) in [5.41, 5.74) is 3.20. The van der Waals surface area contributed by atoms with Gasteiger partial charge in [-0.2, -0.15) is 5.10 Å². The molecule has 1 amide bonds. The Kier molecular flexibility index (Phi) is 3.73. The minimum absolute atomic E-state index is 0.0476. The molecule has 3 heterocycles. The third kappa shape index (κ3) is 3.14. The quantitative estimate of drug-likeness (QED) is 0.729. The van der Waals surface area contributed by atoms with Gasteiger partial charge in [0.2, 0.25) is 0 Å². The van der Waals surface area contributed by atoms with Crippen molar-refractivity contribution in [3.05, 3.63) is 59.4 Å². The number of aryl methyl sites for hydroxylation is 1. The van der Waals surface area contributed by atoms with E-state index in [1.165, 1.54) is 12.1 Å². The summed E-state index contributed by atoms with van der Waals surface area (Å²) in [7, 11) is 1.81. The van der Waals surface area contributed by atoms with Crippen LogP contribution in [0.3, 0.4) is 0 Å². The van der Waals surface area contributed by atoms with Crippen molar-refractivity contribution < 1.29 is 27.8 Å². The zero-order chi connectivity index (χ0) is 20.2. The Morgan fingerprint density at radius 1 is 1.17 bits per heavy atom. The molecule has 5 rings (SSSR count). The van der Waals surface area contributed by atoms with Gasteiger partial charge in [-0.25, -0.2) is 0 Å². The van der Waals surface area contributed by atoms with Crippen LogP contribution in [-0.2, 0) is 20.2 Å². The average Bonchev–Trinajstić information content (AvgIpc) is 3.34. The zero-order valence-corrected chi connectivity index (χ0v) is 15.2. The Morgan fingerprint density at radius 2 is 2.00 bits per heavy atom. The van der Waals surface area contributed by atoms with Crippen LogP contribution in [-0.4, -0.2) is 22.0 Å². The van der Waals surface area contributed by atoms with Crippen molar-refractivity contribution in [2.45, 2.75) is 19.4 Å². The predicted molar refractivity (Wildman–Crippen MR) is 96.8 cm³/mol. The SMILES string of the molecule is Cn1ccc(COc2cc3c(cc2-c2ccc4c(c2)OC(F)(F)O4)C(=O)NC3)n1. The highest BCUT2D eigenvalue weighted by atomic mass is 19.3. The van der Waals surface area contributed by atoms with Crippen LogP contribution in [0.5, 0.6) is 17.2 Å². The number of hydrogen-bond acceptors (Lipinski definition) is 5. The van der Waals surface area contributed by atoms with Crippen molar-refractivity contribution in [2.75, 3.05) is 0 Å². The second-order valence-electron chi connectivity index (χ2n) is 6.79. The van der Waals surface area contributed by atoms with E-state index in [0.29, 0.717) is 29.0 Å². The van der Waals surface area contributed by atoms with E-state index in [4.69, 9.17) is 4.74 Å². The van der Waals surface area contributed by atoms with Crippen molar-refractivity contribution >= 4 is 5.91 Å². The average molecular weight is 399 g/mol. The molecule has 0 aliphatic carbocycles. The number of nitrogens with one attached hydrogen (secondary N) is 1. The fourth-order valence-electron chi connectivity index (χ4n) is 3.40. The van der Waals surface area contributed by atoms with E-state index in [1.807, 2.05) is 19.3 Å². The van der Waals surface area contributed by atoms with Crippen LogP contribution < -0.4 is 19.5 Å². The van der Waals surface area contributed by atoms with Crippen molar-refractivity contribution in [3.8, 4) is 28.4 Å². The molecule has 0 saturated heterocycles. The number of halogens is 2. The number of rotatable bonds is 4. The van der Waals surface area contributed by atoms with Crippen molar-refractivity contribution in [1.29, 1.82) is 0 Å². The van der Waals surface area contributed by atoms with Crippen molar-refractivity contribution in [3.63, 3.8) is 0 Å². The number of carbonyl (C=O) groups is 1. The summed E-state index contributed by atoms with van der Waals surface area (Å²) in [5.74, 6) is 0.197. The summed E-state index contributed by atoms with van der Waals surface area (Å²) in [6, 6.07) is 9.78. The first-order valence-electron chi connectivity index (χ1n) is 8.85. The normalized spacial score (nSPS) is 15.9. The van der Waals surface area contributed by atoms with Crippen LogP contribution in [0.25, 0.3) is 11.1 Å². The van der Waals surface area contributed by atoms with E-state index < -0.39 is 6.29 Å². The largest absolute Gasteiger partial charge is 0.586 e. The number of nitrogens with zero attached hydrogens (tertiary/aromatic N) is 2. The van der Waals surface area contributed by atoms with Crippen LogP contribution in [0.15, 0.2) is 42.6 Å². The molecule has 9 heteroatoms. The maximum atomic E-state index is 13.4. The van der Waals surface area contributed by atoms with Gasteiger partial charge in [0.05, 0.1) is 5.69 Å². The molecule has 3 aromatic rings. The van der Waals surface area contributed by atoms with Gasteiger partial charge in [0.25, 0.3) is 5.91 Å². The summed E-state index contributed by atoms with van der Waals surface area (Å²) in [6.07, 6.45) is -1.89. The highest BCUT2D eigenvalue weighted by Crippen LogP contribution is 2.44. The Balaban J connectivity index is 1.54. The number of hydrogen-bond donors (Lipinski definition) is 1. The summed E-state index contributed by atoms with van der Waals surface area (Å²) in [5, 5.41) is 7.05. The number of alkyl halides is 2. The summed E-state index contributed by atoms with van der Waals surface area (Å²) in [6.45, 7) is 0.623. The Morgan fingerprint density at radius 3 is 2.79 bits per heavy atom. The molecule has 0 spiro atoms. The first-order valence-corrected chi connectivity index (χ1v) is 8.85. The number of benzene rings is 2. The molecule has 7 nitrogen and oxygen atoms in total. The van der Waals surface area contributed by atoms with Crippen LogP contribution in [0.4, 0.5) is 8.78 Å². The van der Waals surface area contributed by atoms with Gasteiger partial charge in [0.15, 0.2) is 11.5 Å². The van der Waals surface area contributed by atoms with Gasteiger partial charge < -0.3 is 19.5 Å².